The summed E-state index contributed by atoms with van der Waals surface area (Å²) < 4.78 is 0. The molecule has 0 aromatic heterocycles. The lowest BCUT2D eigenvalue weighted by atomic mass is 9.84. The van der Waals surface area contributed by atoms with Crippen LogP contribution in [0.2, 0.25) is 0 Å². The first-order valence-corrected chi connectivity index (χ1v) is 16.1. The smallest absolute Gasteiger partial charge is 0.123 e. The Balaban J connectivity index is 1.18. The highest BCUT2D eigenvalue weighted by Gasteiger charge is 2.17. The van der Waals surface area contributed by atoms with Crippen LogP contribution >= 0.6 is 0 Å². The van der Waals surface area contributed by atoms with Gasteiger partial charge in [-0.2, -0.15) is 0 Å². The number of allylic oxidation sites excluding steroid dienone is 15. The number of para-hydroxylation sites is 1. The quantitative estimate of drug-likeness (QED) is 0.295. The third-order valence-electron chi connectivity index (χ3n) is 8.97. The molecule has 7 rings (SSSR count). The molecular formula is C42H39NO. The molecule has 4 aliphatic rings. The van der Waals surface area contributed by atoms with Gasteiger partial charge >= 0.3 is 0 Å². The van der Waals surface area contributed by atoms with Crippen LogP contribution in [0.5, 0.6) is 5.75 Å². The zero-order valence-corrected chi connectivity index (χ0v) is 25.2. The Morgan fingerprint density at radius 2 is 1.27 bits per heavy atom. The van der Waals surface area contributed by atoms with Crippen LogP contribution in [-0.2, 0) is 0 Å². The molecule has 0 aliphatic heterocycles. The zero-order valence-electron chi connectivity index (χ0n) is 25.2. The van der Waals surface area contributed by atoms with Crippen molar-refractivity contribution < 1.29 is 5.11 Å². The van der Waals surface area contributed by atoms with Gasteiger partial charge in [0.15, 0.2) is 0 Å². The molecule has 0 saturated carbocycles. The molecule has 0 spiro atoms. The van der Waals surface area contributed by atoms with Crippen LogP contribution in [0.25, 0.3) is 27.8 Å². The predicted octanol–water partition coefficient (Wildman–Crippen LogP) is 11.3. The first-order valence-electron chi connectivity index (χ1n) is 16.1. The van der Waals surface area contributed by atoms with E-state index >= 15 is 0 Å². The van der Waals surface area contributed by atoms with Crippen LogP contribution in [-0.4, -0.2) is 5.11 Å². The molecule has 0 heterocycles. The molecule has 2 heteroatoms. The van der Waals surface area contributed by atoms with Gasteiger partial charge in [0.1, 0.15) is 5.75 Å². The summed E-state index contributed by atoms with van der Waals surface area (Å²) in [5, 5.41) is 14.1. The molecule has 0 saturated heterocycles. The van der Waals surface area contributed by atoms with Crippen molar-refractivity contribution >= 4 is 22.4 Å². The minimum Gasteiger partial charge on any atom is -0.507 e. The van der Waals surface area contributed by atoms with Crippen LogP contribution in [0, 0.1) is 0 Å². The maximum Gasteiger partial charge on any atom is 0.123 e. The summed E-state index contributed by atoms with van der Waals surface area (Å²) in [5.41, 5.74) is 14.8. The third kappa shape index (κ3) is 6.12. The fraction of sp³-hybridized carbons (Fsp3) is 0.190. The van der Waals surface area contributed by atoms with E-state index in [0.29, 0.717) is 5.75 Å². The van der Waals surface area contributed by atoms with Crippen LogP contribution < -0.4 is 5.32 Å². The van der Waals surface area contributed by atoms with Gasteiger partial charge in [0.25, 0.3) is 0 Å². The molecule has 3 aromatic carbocycles. The van der Waals surface area contributed by atoms with Gasteiger partial charge in [0.2, 0.25) is 0 Å². The van der Waals surface area contributed by atoms with Gasteiger partial charge < -0.3 is 10.4 Å². The van der Waals surface area contributed by atoms with Gasteiger partial charge in [-0.3, -0.25) is 0 Å². The maximum atomic E-state index is 10.4. The fourth-order valence-electron chi connectivity index (χ4n) is 6.63. The first kappa shape index (κ1) is 28.0. The molecule has 218 valence electrons. The number of rotatable bonds is 7. The molecule has 2 nitrogen and oxygen atoms in total. The number of phenols is 1. The second-order valence-corrected chi connectivity index (χ2v) is 12.0. The van der Waals surface area contributed by atoms with Crippen molar-refractivity contribution in [2.45, 2.75) is 51.4 Å². The minimum absolute atomic E-state index is 0.320. The van der Waals surface area contributed by atoms with Crippen LogP contribution in [0.4, 0.5) is 5.69 Å². The lowest BCUT2D eigenvalue weighted by molar-refractivity contribution is 0.477. The summed E-state index contributed by atoms with van der Waals surface area (Å²) in [7, 11) is 0. The van der Waals surface area contributed by atoms with Crippen LogP contribution in [0.3, 0.4) is 0 Å². The van der Waals surface area contributed by atoms with Gasteiger partial charge in [0, 0.05) is 22.5 Å². The second kappa shape index (κ2) is 12.8. The van der Waals surface area contributed by atoms with Crippen molar-refractivity contribution in [1.82, 2.24) is 0 Å². The summed E-state index contributed by atoms with van der Waals surface area (Å²) in [5.74, 6) is 0.320. The van der Waals surface area contributed by atoms with Gasteiger partial charge in [0.05, 0.1) is 0 Å². The lowest BCUT2D eigenvalue weighted by Crippen LogP contribution is -2.04. The Kier molecular flexibility index (Phi) is 8.15. The number of hydrogen-bond donors (Lipinski definition) is 2. The van der Waals surface area contributed by atoms with E-state index < -0.39 is 0 Å². The standard InChI is InChI=1S/C42H39NO/c44-42-23-8-7-22-39(42)37-19-11-18-35(28-37)33-16-9-14-31(26-33)32-15-10-17-34(27-32)36-24-25-41(43-38-20-5-2-6-21-38)40(29-36)30-12-3-1-4-13-30/h3,5,7-8,11-14,17-29,43-44H,1-2,4,6,9-10,15-16H2. The zero-order chi connectivity index (χ0) is 29.7. The predicted molar refractivity (Wildman–Crippen MR) is 187 cm³/mol. The number of anilines is 1. The number of phenolic OH excluding ortho intramolecular Hbond substituents is 1. The van der Waals surface area contributed by atoms with Crippen LogP contribution in [0.1, 0.15) is 68.1 Å². The fourth-order valence-corrected chi connectivity index (χ4v) is 6.63. The normalized spacial score (nSPS) is 18.0. The summed E-state index contributed by atoms with van der Waals surface area (Å²) in [6, 6.07) is 23.1. The molecule has 3 aromatic rings. The van der Waals surface area contributed by atoms with Gasteiger partial charge in [-0.25, -0.2) is 0 Å². The number of hydrogen-bond acceptors (Lipinski definition) is 2. The third-order valence-corrected chi connectivity index (χ3v) is 8.97. The highest BCUT2D eigenvalue weighted by atomic mass is 16.3. The Bertz CT molecular complexity index is 1830. The SMILES string of the molecule is Oc1ccccc1-c1cccc(C2=CC(C3=CC(c4ccc(NC5=CCCC=C5)c(C5=CCCC=C5)c4)=CCC3)=CCC2)c1. The number of benzene rings is 3. The molecular weight excluding hydrogens is 534 g/mol. The van der Waals surface area contributed by atoms with Crippen molar-refractivity contribution in [1.29, 1.82) is 0 Å². The Labute approximate surface area is 261 Å². The van der Waals surface area contributed by atoms with E-state index in [1.807, 2.05) is 18.2 Å². The van der Waals surface area contributed by atoms with Crippen LogP contribution in [0.15, 0.2) is 144 Å². The molecule has 0 bridgehead atoms. The van der Waals surface area contributed by atoms with E-state index in [1.165, 1.54) is 55.9 Å². The molecule has 0 fully saturated rings. The minimum atomic E-state index is 0.320. The Hall–Kier alpha value is -4.82. The summed E-state index contributed by atoms with van der Waals surface area (Å²) in [6.45, 7) is 0. The number of aromatic hydroxyl groups is 1. The van der Waals surface area contributed by atoms with Gasteiger partial charge in [-0.15, -0.1) is 0 Å². The van der Waals surface area contributed by atoms with E-state index in [9.17, 15) is 5.11 Å². The van der Waals surface area contributed by atoms with Gasteiger partial charge in [-0.1, -0.05) is 97.1 Å². The average Bonchev–Trinajstić information content (AvgIpc) is 3.10. The molecule has 2 N–H and O–H groups in total. The molecule has 44 heavy (non-hydrogen) atoms. The van der Waals surface area contributed by atoms with E-state index in [4.69, 9.17) is 0 Å². The van der Waals surface area contributed by atoms with E-state index in [-0.39, 0.29) is 0 Å². The monoisotopic (exact) mass is 573 g/mol. The van der Waals surface area contributed by atoms with E-state index in [0.717, 1.165) is 62.5 Å². The number of nitrogens with one attached hydrogen (secondary N) is 1. The first-order chi connectivity index (χ1) is 21.7. The highest BCUT2D eigenvalue weighted by Crippen LogP contribution is 2.38. The highest BCUT2D eigenvalue weighted by molar-refractivity contribution is 5.88. The molecule has 0 amide bonds. The van der Waals surface area contributed by atoms with Crippen molar-refractivity contribution in [3.8, 4) is 16.9 Å². The van der Waals surface area contributed by atoms with E-state index in [2.05, 4.69) is 109 Å². The molecule has 4 aliphatic carbocycles. The molecule has 0 atom stereocenters. The summed E-state index contributed by atoms with van der Waals surface area (Å²) in [4.78, 5) is 0. The second-order valence-electron chi connectivity index (χ2n) is 12.0. The Morgan fingerprint density at radius 1 is 0.523 bits per heavy atom. The lowest BCUT2D eigenvalue weighted by Gasteiger charge is -2.21. The Morgan fingerprint density at radius 3 is 2.09 bits per heavy atom. The topological polar surface area (TPSA) is 32.3 Å². The van der Waals surface area contributed by atoms with Gasteiger partial charge in [-0.05, 0) is 126 Å². The molecule has 0 unspecified atom stereocenters. The summed E-state index contributed by atoms with van der Waals surface area (Å²) in [6.07, 6.45) is 31.9. The van der Waals surface area contributed by atoms with Crippen molar-refractivity contribution in [2.24, 2.45) is 0 Å². The van der Waals surface area contributed by atoms with Crippen molar-refractivity contribution in [3.05, 3.63) is 161 Å². The van der Waals surface area contributed by atoms with Crippen molar-refractivity contribution in [3.63, 3.8) is 0 Å². The molecule has 0 radical (unpaired) electrons. The average molecular weight is 574 g/mol. The largest absolute Gasteiger partial charge is 0.507 e. The van der Waals surface area contributed by atoms with E-state index in [1.54, 1.807) is 6.07 Å². The van der Waals surface area contributed by atoms with Crippen molar-refractivity contribution in [2.75, 3.05) is 5.32 Å². The summed E-state index contributed by atoms with van der Waals surface area (Å²) >= 11 is 0. The maximum absolute atomic E-state index is 10.4.